The lowest BCUT2D eigenvalue weighted by atomic mass is 10.1. The first-order valence-corrected chi connectivity index (χ1v) is 8.14. The summed E-state index contributed by atoms with van der Waals surface area (Å²) in [6, 6.07) is 10.6. The van der Waals surface area contributed by atoms with Gasteiger partial charge in [-0.05, 0) is 17.5 Å². The van der Waals surface area contributed by atoms with Crippen molar-refractivity contribution in [1.82, 2.24) is 26.7 Å². The van der Waals surface area contributed by atoms with Crippen LogP contribution in [0, 0.1) is 11.3 Å². The zero-order chi connectivity index (χ0) is 16.1. The molecule has 2 aliphatic rings. The summed E-state index contributed by atoms with van der Waals surface area (Å²) < 4.78 is 0. The third kappa shape index (κ3) is 4.26. The van der Waals surface area contributed by atoms with Crippen LogP contribution >= 0.6 is 0 Å². The molecule has 2 saturated heterocycles. The molecule has 0 amide bonds. The number of nitriles is 1. The Morgan fingerprint density at radius 3 is 2.83 bits per heavy atom. The molecule has 0 saturated carbocycles. The van der Waals surface area contributed by atoms with Crippen molar-refractivity contribution in [2.75, 3.05) is 6.67 Å². The maximum Gasteiger partial charge on any atom is 0.130 e. The van der Waals surface area contributed by atoms with Crippen molar-refractivity contribution in [3.63, 3.8) is 0 Å². The average Bonchev–Trinajstić information content (AvgIpc) is 3.10. The Labute approximate surface area is 136 Å². The second-order valence-corrected chi connectivity index (χ2v) is 5.91. The Hall–Kier alpha value is -1.53. The zero-order valence-electron chi connectivity index (χ0n) is 13.3. The summed E-state index contributed by atoms with van der Waals surface area (Å²) in [5.74, 6) is 0. The van der Waals surface area contributed by atoms with Gasteiger partial charge in [0.25, 0.3) is 0 Å². The molecule has 7 heteroatoms. The topological polar surface area (TPSA) is 93.2 Å². The summed E-state index contributed by atoms with van der Waals surface area (Å²) in [7, 11) is 0. The molecule has 1 aromatic carbocycles. The fraction of sp³-hybridized carbons (Fsp3) is 0.562. The van der Waals surface area contributed by atoms with E-state index in [-0.39, 0.29) is 24.6 Å². The van der Waals surface area contributed by atoms with Gasteiger partial charge in [0.2, 0.25) is 0 Å². The van der Waals surface area contributed by atoms with Crippen LogP contribution in [0.4, 0.5) is 0 Å². The number of nitrogens with zero attached hydrogens (tertiary/aromatic N) is 1. The second-order valence-electron chi connectivity index (χ2n) is 5.91. The fourth-order valence-corrected chi connectivity index (χ4v) is 2.80. The molecule has 124 valence electrons. The van der Waals surface area contributed by atoms with Crippen molar-refractivity contribution < 1.29 is 4.84 Å². The lowest BCUT2D eigenvalue weighted by Crippen LogP contribution is -2.55. The van der Waals surface area contributed by atoms with Gasteiger partial charge >= 0.3 is 0 Å². The fourth-order valence-electron chi connectivity index (χ4n) is 2.80. The van der Waals surface area contributed by atoms with Crippen LogP contribution in [0.5, 0.6) is 0 Å². The maximum atomic E-state index is 8.97. The predicted octanol–water partition coefficient (Wildman–Crippen LogP) is 0.394. The summed E-state index contributed by atoms with van der Waals surface area (Å²) in [6.45, 7) is 3.52. The highest BCUT2D eigenvalue weighted by Crippen LogP contribution is 2.17. The Kier molecular flexibility index (Phi) is 5.56. The van der Waals surface area contributed by atoms with Gasteiger partial charge in [-0.1, -0.05) is 31.2 Å². The van der Waals surface area contributed by atoms with E-state index in [1.54, 1.807) is 0 Å². The summed E-state index contributed by atoms with van der Waals surface area (Å²) in [5.41, 5.74) is 5.39. The van der Waals surface area contributed by atoms with Crippen molar-refractivity contribution in [3.05, 3.63) is 35.4 Å². The molecule has 4 unspecified atom stereocenters. The first kappa shape index (κ1) is 16.3. The Morgan fingerprint density at radius 2 is 2.13 bits per heavy atom. The number of rotatable bonds is 5. The number of hydroxylamine groups is 1. The van der Waals surface area contributed by atoms with E-state index >= 15 is 0 Å². The molecule has 23 heavy (non-hydrogen) atoms. The van der Waals surface area contributed by atoms with E-state index in [9.17, 15) is 0 Å². The summed E-state index contributed by atoms with van der Waals surface area (Å²) in [5, 5.41) is 22.2. The van der Waals surface area contributed by atoms with Crippen LogP contribution < -0.4 is 26.7 Å². The average molecular weight is 316 g/mol. The van der Waals surface area contributed by atoms with Crippen LogP contribution in [0.15, 0.2) is 24.3 Å². The second kappa shape index (κ2) is 7.84. The number of benzene rings is 1. The number of hydrogen-bond donors (Lipinski definition) is 5. The van der Waals surface area contributed by atoms with Crippen LogP contribution in [0.25, 0.3) is 0 Å². The molecule has 1 aromatic rings. The molecule has 0 radical (unpaired) electrons. The molecule has 0 aromatic heterocycles. The lowest BCUT2D eigenvalue weighted by molar-refractivity contribution is 0.0207. The van der Waals surface area contributed by atoms with E-state index in [0.717, 1.165) is 24.9 Å². The molecule has 2 heterocycles. The molecule has 0 spiro atoms. The molecule has 4 atom stereocenters. The normalized spacial score (nSPS) is 31.0. The third-order valence-corrected chi connectivity index (χ3v) is 4.24. The van der Waals surface area contributed by atoms with E-state index in [2.05, 4.69) is 64.0 Å². The molecular formula is C16H24N6O. The largest absolute Gasteiger partial charge is 0.298 e. The Balaban J connectivity index is 1.49. The minimum absolute atomic E-state index is 0.0458. The zero-order valence-corrected chi connectivity index (χ0v) is 13.3. The van der Waals surface area contributed by atoms with Gasteiger partial charge in [-0.2, -0.15) is 10.7 Å². The van der Waals surface area contributed by atoms with Gasteiger partial charge in [-0.3, -0.25) is 26.1 Å². The maximum absolute atomic E-state index is 8.97. The van der Waals surface area contributed by atoms with Gasteiger partial charge in [-0.25, -0.2) is 0 Å². The molecule has 3 rings (SSSR count). The van der Waals surface area contributed by atoms with Crippen molar-refractivity contribution in [2.24, 2.45) is 0 Å². The standard InChI is InChI=1S/C16H24N6O/c1-2-15-21-16(22-23-15)12-5-3-11(4-6-12)9-18-14-7-13(8-17)19-10-20-14/h3-6,13-16,18-22H,2,7,9-10H2,1H3. The summed E-state index contributed by atoms with van der Waals surface area (Å²) in [4.78, 5) is 5.43. The van der Waals surface area contributed by atoms with E-state index in [4.69, 9.17) is 10.1 Å². The van der Waals surface area contributed by atoms with Gasteiger partial charge < -0.3 is 0 Å². The van der Waals surface area contributed by atoms with Crippen LogP contribution in [-0.2, 0) is 11.4 Å². The van der Waals surface area contributed by atoms with E-state index in [1.165, 1.54) is 5.56 Å². The third-order valence-electron chi connectivity index (χ3n) is 4.24. The van der Waals surface area contributed by atoms with Crippen LogP contribution in [0.2, 0.25) is 0 Å². The molecule has 2 aliphatic heterocycles. The van der Waals surface area contributed by atoms with Gasteiger partial charge in [0.15, 0.2) is 0 Å². The summed E-state index contributed by atoms with van der Waals surface area (Å²) >= 11 is 0. The summed E-state index contributed by atoms with van der Waals surface area (Å²) in [6.07, 6.45) is 1.97. The monoisotopic (exact) mass is 316 g/mol. The first-order chi connectivity index (χ1) is 11.3. The highest BCUT2D eigenvalue weighted by Gasteiger charge is 2.24. The first-order valence-electron chi connectivity index (χ1n) is 8.14. The molecule has 7 nitrogen and oxygen atoms in total. The molecule has 2 fully saturated rings. The van der Waals surface area contributed by atoms with Crippen molar-refractivity contribution >= 4 is 0 Å². The van der Waals surface area contributed by atoms with Gasteiger partial charge in [0.1, 0.15) is 12.4 Å². The highest BCUT2D eigenvalue weighted by atomic mass is 16.7. The van der Waals surface area contributed by atoms with E-state index < -0.39 is 0 Å². The molecule has 5 N–H and O–H groups in total. The van der Waals surface area contributed by atoms with E-state index in [0.29, 0.717) is 6.67 Å². The van der Waals surface area contributed by atoms with E-state index in [1.807, 2.05) is 0 Å². The van der Waals surface area contributed by atoms with Crippen molar-refractivity contribution in [3.8, 4) is 6.07 Å². The minimum Gasteiger partial charge on any atom is -0.298 e. The molecule has 0 aliphatic carbocycles. The minimum atomic E-state index is -0.0813. The quantitative estimate of drug-likeness (QED) is 0.537. The lowest BCUT2D eigenvalue weighted by Gasteiger charge is -2.28. The van der Waals surface area contributed by atoms with Crippen molar-refractivity contribution in [1.29, 1.82) is 5.26 Å². The van der Waals surface area contributed by atoms with Crippen molar-refractivity contribution in [2.45, 2.75) is 50.9 Å². The van der Waals surface area contributed by atoms with Gasteiger partial charge in [0, 0.05) is 19.6 Å². The number of hydrogen-bond acceptors (Lipinski definition) is 7. The highest BCUT2D eigenvalue weighted by molar-refractivity contribution is 5.25. The van der Waals surface area contributed by atoms with Crippen LogP contribution in [-0.4, -0.2) is 25.1 Å². The molecular weight excluding hydrogens is 292 g/mol. The molecule has 0 bridgehead atoms. The van der Waals surface area contributed by atoms with Gasteiger partial charge in [-0.15, -0.1) is 0 Å². The van der Waals surface area contributed by atoms with Crippen LogP contribution in [0.1, 0.15) is 37.1 Å². The number of nitrogens with one attached hydrogen (secondary N) is 5. The Morgan fingerprint density at radius 1 is 1.30 bits per heavy atom. The predicted molar refractivity (Wildman–Crippen MR) is 86.4 cm³/mol. The smallest absolute Gasteiger partial charge is 0.130 e. The van der Waals surface area contributed by atoms with Crippen LogP contribution in [0.3, 0.4) is 0 Å². The van der Waals surface area contributed by atoms with Gasteiger partial charge in [0.05, 0.1) is 18.3 Å². The Bertz CT molecular complexity index is 542. The SMILES string of the molecule is CCC1NC(c2ccc(CNC3CC(C#N)NCN3)cc2)NO1.